The van der Waals surface area contributed by atoms with Crippen LogP contribution in [0.15, 0.2) is 36.4 Å². The Labute approximate surface area is 157 Å². The van der Waals surface area contributed by atoms with E-state index in [-0.39, 0.29) is 30.3 Å². The second-order valence-electron chi connectivity index (χ2n) is 5.89. The Morgan fingerprint density at radius 3 is 2.23 bits per heavy atom. The van der Waals surface area contributed by atoms with E-state index in [4.69, 9.17) is 0 Å². The first-order valence-electron chi connectivity index (χ1n) is 8.14. The van der Waals surface area contributed by atoms with Crippen molar-refractivity contribution in [2.75, 3.05) is 7.05 Å². The zero-order valence-electron chi connectivity index (χ0n) is 14.7. The molecule has 0 radical (unpaired) electrons. The third-order valence-electron chi connectivity index (χ3n) is 3.77. The summed E-state index contributed by atoms with van der Waals surface area (Å²) in [5.41, 5.74) is 1.54. The Hall–Kier alpha value is -2.03. The second-order valence-corrected chi connectivity index (χ2v) is 9.10. The number of hydrogen-bond donors (Lipinski definition) is 2. The van der Waals surface area contributed by atoms with Gasteiger partial charge in [0.2, 0.25) is 15.9 Å². The second kappa shape index (κ2) is 9.07. The molecule has 0 spiro atoms. The summed E-state index contributed by atoms with van der Waals surface area (Å²) in [6.07, 6.45) is 0.334. The molecule has 0 aliphatic carbocycles. The van der Waals surface area contributed by atoms with E-state index in [1.54, 1.807) is 30.3 Å². The fraction of sp³-hybridized carbons (Fsp3) is 0.333. The molecule has 0 saturated heterocycles. The van der Waals surface area contributed by atoms with Gasteiger partial charge in [-0.15, -0.1) is 11.3 Å². The summed E-state index contributed by atoms with van der Waals surface area (Å²) < 4.78 is 25.3. The number of hydrogen-bond acceptors (Lipinski definition) is 5. The number of carbonyl (C=O) groups excluding carboxylic acids is 2. The Morgan fingerprint density at radius 1 is 1.00 bits per heavy atom. The van der Waals surface area contributed by atoms with Crippen LogP contribution in [0.5, 0.6) is 0 Å². The van der Waals surface area contributed by atoms with Gasteiger partial charge in [0.1, 0.15) is 0 Å². The van der Waals surface area contributed by atoms with E-state index in [0.29, 0.717) is 17.0 Å². The quantitative estimate of drug-likeness (QED) is 0.639. The van der Waals surface area contributed by atoms with Crippen LogP contribution < -0.4 is 10.0 Å². The zero-order valence-corrected chi connectivity index (χ0v) is 16.4. The van der Waals surface area contributed by atoms with Crippen LogP contribution in [0, 0.1) is 6.92 Å². The Balaban J connectivity index is 1.77. The molecule has 6 nitrogen and oxygen atoms in total. The molecule has 1 amide bonds. The molecule has 26 heavy (non-hydrogen) atoms. The largest absolute Gasteiger partial charge is 0.352 e. The molecule has 0 bridgehead atoms. The first-order chi connectivity index (χ1) is 12.3. The maximum atomic E-state index is 12.0. The topological polar surface area (TPSA) is 92.3 Å². The minimum Gasteiger partial charge on any atom is -0.352 e. The molecule has 0 saturated carbocycles. The van der Waals surface area contributed by atoms with Crippen molar-refractivity contribution >= 4 is 33.1 Å². The highest BCUT2D eigenvalue weighted by molar-refractivity contribution is 7.88. The lowest BCUT2D eigenvalue weighted by molar-refractivity contribution is -0.121. The molecule has 0 unspecified atom stereocenters. The van der Waals surface area contributed by atoms with E-state index >= 15 is 0 Å². The van der Waals surface area contributed by atoms with E-state index in [1.807, 2.05) is 13.0 Å². The van der Waals surface area contributed by atoms with Gasteiger partial charge in [-0.05, 0) is 37.2 Å². The van der Waals surface area contributed by atoms with Crippen LogP contribution >= 0.6 is 11.3 Å². The van der Waals surface area contributed by atoms with E-state index in [0.717, 1.165) is 10.4 Å². The van der Waals surface area contributed by atoms with Crippen molar-refractivity contribution in [1.29, 1.82) is 0 Å². The molecule has 8 heteroatoms. The number of Topliss-reactive ketones (excluding diaryl/α,β-unsaturated/α-hetero) is 1. The highest BCUT2D eigenvalue weighted by Crippen LogP contribution is 2.17. The van der Waals surface area contributed by atoms with E-state index in [1.165, 1.54) is 18.4 Å². The van der Waals surface area contributed by atoms with Crippen molar-refractivity contribution in [2.45, 2.75) is 32.1 Å². The molecule has 0 atom stereocenters. The summed E-state index contributed by atoms with van der Waals surface area (Å²) in [4.78, 5) is 25.6. The molecule has 1 aromatic carbocycles. The average molecular weight is 395 g/mol. The van der Waals surface area contributed by atoms with Crippen LogP contribution in [-0.2, 0) is 27.1 Å². The van der Waals surface area contributed by atoms with Crippen LogP contribution in [0.1, 0.15) is 38.5 Å². The number of thiophene rings is 1. The summed E-state index contributed by atoms with van der Waals surface area (Å²) >= 11 is 1.44. The number of carbonyl (C=O) groups is 2. The van der Waals surface area contributed by atoms with Gasteiger partial charge in [0, 0.05) is 24.3 Å². The summed E-state index contributed by atoms with van der Waals surface area (Å²) in [6, 6.07) is 10.7. The fourth-order valence-electron chi connectivity index (χ4n) is 2.27. The van der Waals surface area contributed by atoms with E-state index in [2.05, 4.69) is 10.0 Å². The number of sulfonamides is 1. The van der Waals surface area contributed by atoms with E-state index < -0.39 is 10.0 Å². The van der Waals surface area contributed by atoms with Gasteiger partial charge in [-0.1, -0.05) is 24.3 Å². The number of rotatable bonds is 9. The minimum absolute atomic E-state index is 0.0201. The first-order valence-corrected chi connectivity index (χ1v) is 10.6. The summed E-state index contributed by atoms with van der Waals surface area (Å²) in [7, 11) is -1.92. The number of benzene rings is 1. The number of ketones is 1. The summed E-state index contributed by atoms with van der Waals surface area (Å²) in [5.74, 6) is -0.290. The molecule has 0 fully saturated rings. The number of nitrogens with one attached hydrogen (secondary N) is 2. The predicted octanol–water partition coefficient (Wildman–Crippen LogP) is 2.39. The van der Waals surface area contributed by atoms with Crippen molar-refractivity contribution < 1.29 is 18.0 Å². The average Bonchev–Trinajstić information content (AvgIpc) is 3.05. The van der Waals surface area contributed by atoms with Gasteiger partial charge in [0.05, 0.1) is 10.6 Å². The Bertz CT molecular complexity index is 871. The van der Waals surface area contributed by atoms with Gasteiger partial charge in [-0.25, -0.2) is 13.1 Å². The van der Waals surface area contributed by atoms with Gasteiger partial charge in [-0.2, -0.15) is 0 Å². The number of aryl methyl sites for hydroxylation is 1. The molecule has 2 N–H and O–H groups in total. The Morgan fingerprint density at radius 2 is 1.65 bits per heavy atom. The van der Waals surface area contributed by atoms with Crippen LogP contribution in [-0.4, -0.2) is 27.2 Å². The molecule has 2 aromatic rings. The molecule has 140 valence electrons. The highest BCUT2D eigenvalue weighted by Gasteiger charge is 2.11. The lowest BCUT2D eigenvalue weighted by Gasteiger charge is -2.07. The van der Waals surface area contributed by atoms with Crippen molar-refractivity contribution in [3.05, 3.63) is 57.3 Å². The molecular weight excluding hydrogens is 372 g/mol. The Kier molecular flexibility index (Phi) is 7.07. The van der Waals surface area contributed by atoms with Crippen LogP contribution in [0.2, 0.25) is 0 Å². The minimum atomic E-state index is -3.30. The smallest absolute Gasteiger partial charge is 0.220 e. The van der Waals surface area contributed by atoms with Crippen molar-refractivity contribution in [3.63, 3.8) is 0 Å². The first kappa shape index (κ1) is 20.3. The van der Waals surface area contributed by atoms with Crippen LogP contribution in [0.4, 0.5) is 0 Å². The van der Waals surface area contributed by atoms with Crippen molar-refractivity contribution in [1.82, 2.24) is 10.0 Å². The lowest BCUT2D eigenvalue weighted by atomic mass is 10.1. The molecular formula is C18H22N2O4S2. The molecule has 2 rings (SSSR count). The van der Waals surface area contributed by atoms with Gasteiger partial charge < -0.3 is 5.32 Å². The van der Waals surface area contributed by atoms with Gasteiger partial charge in [0.25, 0.3) is 0 Å². The molecule has 0 aliphatic heterocycles. The third-order valence-corrected chi connectivity index (χ3v) is 6.15. The summed E-state index contributed by atoms with van der Waals surface area (Å²) in [6.45, 7) is 2.28. The molecule has 0 aliphatic rings. The monoisotopic (exact) mass is 394 g/mol. The maximum absolute atomic E-state index is 12.0. The SMILES string of the molecule is CNS(=O)(=O)Cc1ccc(CNC(=O)CCC(=O)c2ccc(C)s2)cc1. The normalized spacial score (nSPS) is 11.3. The standard InChI is InChI=1S/C18H22N2O4S2/c1-13-3-9-17(25-13)16(21)8-10-18(22)20-11-14-4-6-15(7-5-14)12-26(23,24)19-2/h3-7,9,19H,8,10-12H2,1-2H3,(H,20,22). The van der Waals surface area contributed by atoms with Crippen molar-refractivity contribution in [3.8, 4) is 0 Å². The fourth-order valence-corrected chi connectivity index (χ4v) is 3.88. The zero-order chi connectivity index (χ0) is 19.2. The lowest BCUT2D eigenvalue weighted by Crippen LogP contribution is -2.23. The van der Waals surface area contributed by atoms with Gasteiger partial charge in [-0.3, -0.25) is 9.59 Å². The highest BCUT2D eigenvalue weighted by atomic mass is 32.2. The predicted molar refractivity (Wildman–Crippen MR) is 103 cm³/mol. The van der Waals surface area contributed by atoms with Gasteiger partial charge in [0.15, 0.2) is 5.78 Å². The number of amides is 1. The van der Waals surface area contributed by atoms with Crippen LogP contribution in [0.3, 0.4) is 0 Å². The van der Waals surface area contributed by atoms with Crippen LogP contribution in [0.25, 0.3) is 0 Å². The summed E-state index contributed by atoms with van der Waals surface area (Å²) in [5, 5.41) is 2.77. The van der Waals surface area contributed by atoms with E-state index in [9.17, 15) is 18.0 Å². The van der Waals surface area contributed by atoms with Gasteiger partial charge >= 0.3 is 0 Å². The third kappa shape index (κ3) is 6.36. The molecule has 1 aromatic heterocycles. The maximum Gasteiger partial charge on any atom is 0.220 e. The van der Waals surface area contributed by atoms with Crippen molar-refractivity contribution in [2.24, 2.45) is 0 Å². The molecule has 1 heterocycles.